The molecule has 0 aliphatic heterocycles. The summed E-state index contributed by atoms with van der Waals surface area (Å²) in [4.78, 5) is 0. The van der Waals surface area contributed by atoms with E-state index in [1.165, 1.54) is 5.56 Å². The van der Waals surface area contributed by atoms with Crippen LogP contribution in [0.3, 0.4) is 0 Å². The molecule has 0 aliphatic rings. The van der Waals surface area contributed by atoms with Crippen LogP contribution in [-0.4, -0.2) is 16.7 Å². The summed E-state index contributed by atoms with van der Waals surface area (Å²) in [6, 6.07) is 7.79. The van der Waals surface area contributed by atoms with E-state index in [1.54, 1.807) is 0 Å². The SMILES string of the molecule is CC(C)CNCc1cn[nH]c1-c1ccc(Cl)cc1. The fourth-order valence-corrected chi connectivity index (χ4v) is 1.93. The molecule has 2 rings (SSSR count). The number of benzene rings is 1. The largest absolute Gasteiger partial charge is 0.312 e. The van der Waals surface area contributed by atoms with Crippen molar-refractivity contribution >= 4 is 11.6 Å². The molecule has 1 aromatic heterocycles. The summed E-state index contributed by atoms with van der Waals surface area (Å²) in [6.45, 7) is 6.23. The Morgan fingerprint density at radius 3 is 2.67 bits per heavy atom. The first kappa shape index (κ1) is 13.1. The molecule has 0 atom stereocenters. The Labute approximate surface area is 113 Å². The second kappa shape index (κ2) is 6.03. The lowest BCUT2D eigenvalue weighted by Gasteiger charge is -2.07. The molecule has 0 saturated heterocycles. The molecule has 0 fully saturated rings. The van der Waals surface area contributed by atoms with Gasteiger partial charge in [0.25, 0.3) is 0 Å². The first-order chi connectivity index (χ1) is 8.66. The van der Waals surface area contributed by atoms with Crippen LogP contribution >= 0.6 is 11.6 Å². The number of halogens is 1. The van der Waals surface area contributed by atoms with Crippen molar-refractivity contribution in [1.29, 1.82) is 0 Å². The van der Waals surface area contributed by atoms with Crippen LogP contribution in [-0.2, 0) is 6.54 Å². The molecule has 0 unspecified atom stereocenters. The molecule has 18 heavy (non-hydrogen) atoms. The fourth-order valence-electron chi connectivity index (χ4n) is 1.81. The molecule has 0 bridgehead atoms. The Kier molecular flexibility index (Phi) is 4.39. The van der Waals surface area contributed by atoms with Gasteiger partial charge in [-0.05, 0) is 30.2 Å². The first-order valence-electron chi connectivity index (χ1n) is 6.15. The van der Waals surface area contributed by atoms with Gasteiger partial charge in [-0.15, -0.1) is 0 Å². The Bertz CT molecular complexity index is 488. The summed E-state index contributed by atoms with van der Waals surface area (Å²) < 4.78 is 0. The van der Waals surface area contributed by atoms with Gasteiger partial charge in [0.1, 0.15) is 0 Å². The fraction of sp³-hybridized carbons (Fsp3) is 0.357. The predicted molar refractivity (Wildman–Crippen MR) is 75.6 cm³/mol. The Hall–Kier alpha value is -1.32. The van der Waals surface area contributed by atoms with Gasteiger partial charge in [0.2, 0.25) is 0 Å². The van der Waals surface area contributed by atoms with Crippen LogP contribution in [0.15, 0.2) is 30.5 Å². The first-order valence-corrected chi connectivity index (χ1v) is 6.53. The molecule has 3 nitrogen and oxygen atoms in total. The minimum Gasteiger partial charge on any atom is -0.312 e. The van der Waals surface area contributed by atoms with Crippen molar-refractivity contribution < 1.29 is 0 Å². The maximum absolute atomic E-state index is 5.89. The molecule has 0 radical (unpaired) electrons. The van der Waals surface area contributed by atoms with Crippen molar-refractivity contribution in [1.82, 2.24) is 15.5 Å². The van der Waals surface area contributed by atoms with Crippen LogP contribution in [0.25, 0.3) is 11.3 Å². The number of H-pyrrole nitrogens is 1. The van der Waals surface area contributed by atoms with E-state index >= 15 is 0 Å². The summed E-state index contributed by atoms with van der Waals surface area (Å²) >= 11 is 5.89. The molecular weight excluding hydrogens is 246 g/mol. The predicted octanol–water partition coefficient (Wildman–Crippen LogP) is 3.48. The second-order valence-electron chi connectivity index (χ2n) is 4.80. The smallest absolute Gasteiger partial charge is 0.0695 e. The molecule has 2 aromatic rings. The molecule has 1 heterocycles. The van der Waals surface area contributed by atoms with E-state index in [0.29, 0.717) is 5.92 Å². The Morgan fingerprint density at radius 1 is 1.28 bits per heavy atom. The quantitative estimate of drug-likeness (QED) is 0.867. The van der Waals surface area contributed by atoms with Crippen LogP contribution in [0.5, 0.6) is 0 Å². The van der Waals surface area contributed by atoms with E-state index in [4.69, 9.17) is 11.6 Å². The number of nitrogens with one attached hydrogen (secondary N) is 2. The third-order valence-electron chi connectivity index (χ3n) is 2.72. The molecular formula is C14H18ClN3. The Balaban J connectivity index is 2.10. The van der Waals surface area contributed by atoms with Gasteiger partial charge in [-0.2, -0.15) is 5.10 Å². The van der Waals surface area contributed by atoms with E-state index in [9.17, 15) is 0 Å². The maximum Gasteiger partial charge on any atom is 0.0695 e. The normalized spacial score (nSPS) is 11.1. The summed E-state index contributed by atoms with van der Waals surface area (Å²) in [5, 5.41) is 11.3. The van der Waals surface area contributed by atoms with Gasteiger partial charge in [0, 0.05) is 17.1 Å². The molecule has 0 amide bonds. The number of aromatic amines is 1. The molecule has 2 N–H and O–H groups in total. The van der Waals surface area contributed by atoms with E-state index < -0.39 is 0 Å². The third kappa shape index (κ3) is 3.34. The monoisotopic (exact) mass is 263 g/mol. The van der Waals surface area contributed by atoms with Crippen LogP contribution in [0.1, 0.15) is 19.4 Å². The van der Waals surface area contributed by atoms with Crippen molar-refractivity contribution in [2.75, 3.05) is 6.54 Å². The zero-order chi connectivity index (χ0) is 13.0. The number of rotatable bonds is 5. The van der Waals surface area contributed by atoms with Crippen LogP contribution in [0, 0.1) is 5.92 Å². The highest BCUT2D eigenvalue weighted by Crippen LogP contribution is 2.22. The number of hydrogen-bond donors (Lipinski definition) is 2. The lowest BCUT2D eigenvalue weighted by Crippen LogP contribution is -2.19. The zero-order valence-electron chi connectivity index (χ0n) is 10.7. The summed E-state index contributed by atoms with van der Waals surface area (Å²) in [6.07, 6.45) is 1.87. The molecule has 0 aliphatic carbocycles. The third-order valence-corrected chi connectivity index (χ3v) is 2.97. The molecule has 4 heteroatoms. The zero-order valence-corrected chi connectivity index (χ0v) is 11.5. The van der Waals surface area contributed by atoms with Gasteiger partial charge in [-0.1, -0.05) is 37.6 Å². The van der Waals surface area contributed by atoms with Crippen molar-refractivity contribution in [3.8, 4) is 11.3 Å². The highest BCUT2D eigenvalue weighted by atomic mass is 35.5. The number of aromatic nitrogens is 2. The minimum atomic E-state index is 0.649. The van der Waals surface area contributed by atoms with E-state index in [1.807, 2.05) is 30.5 Å². The van der Waals surface area contributed by atoms with E-state index in [2.05, 4.69) is 29.4 Å². The highest BCUT2D eigenvalue weighted by molar-refractivity contribution is 6.30. The molecule has 1 aromatic carbocycles. The molecule has 96 valence electrons. The second-order valence-corrected chi connectivity index (χ2v) is 5.24. The number of hydrogen-bond acceptors (Lipinski definition) is 2. The lowest BCUT2D eigenvalue weighted by molar-refractivity contribution is 0.553. The van der Waals surface area contributed by atoms with Gasteiger partial charge in [0.05, 0.1) is 11.9 Å². The van der Waals surface area contributed by atoms with Gasteiger partial charge in [0.15, 0.2) is 0 Å². The van der Waals surface area contributed by atoms with Crippen LogP contribution < -0.4 is 5.32 Å². The molecule has 0 spiro atoms. The van der Waals surface area contributed by atoms with Gasteiger partial charge in [-0.25, -0.2) is 0 Å². The lowest BCUT2D eigenvalue weighted by atomic mass is 10.1. The molecule has 0 saturated carbocycles. The van der Waals surface area contributed by atoms with Gasteiger partial charge < -0.3 is 5.32 Å². The van der Waals surface area contributed by atoms with Crippen molar-refractivity contribution in [3.05, 3.63) is 41.0 Å². The standard InChI is InChI=1S/C14H18ClN3/c1-10(2)7-16-8-12-9-17-18-14(12)11-3-5-13(15)6-4-11/h3-6,9-10,16H,7-8H2,1-2H3,(H,17,18). The van der Waals surface area contributed by atoms with E-state index in [0.717, 1.165) is 29.4 Å². The van der Waals surface area contributed by atoms with Crippen LogP contribution in [0.2, 0.25) is 5.02 Å². The number of nitrogens with zero attached hydrogens (tertiary/aromatic N) is 1. The van der Waals surface area contributed by atoms with Crippen LogP contribution in [0.4, 0.5) is 0 Å². The average Bonchev–Trinajstić information content (AvgIpc) is 2.78. The topological polar surface area (TPSA) is 40.7 Å². The minimum absolute atomic E-state index is 0.649. The van der Waals surface area contributed by atoms with Gasteiger partial charge in [-0.3, -0.25) is 5.10 Å². The van der Waals surface area contributed by atoms with Gasteiger partial charge >= 0.3 is 0 Å². The summed E-state index contributed by atoms with van der Waals surface area (Å²) in [5.74, 6) is 0.649. The van der Waals surface area contributed by atoms with Crippen molar-refractivity contribution in [2.45, 2.75) is 20.4 Å². The average molecular weight is 264 g/mol. The highest BCUT2D eigenvalue weighted by Gasteiger charge is 2.07. The summed E-state index contributed by atoms with van der Waals surface area (Å²) in [7, 11) is 0. The maximum atomic E-state index is 5.89. The Morgan fingerprint density at radius 2 is 2.00 bits per heavy atom. The van der Waals surface area contributed by atoms with Crippen molar-refractivity contribution in [2.24, 2.45) is 5.92 Å². The summed E-state index contributed by atoms with van der Waals surface area (Å²) in [5.41, 5.74) is 3.35. The van der Waals surface area contributed by atoms with E-state index in [-0.39, 0.29) is 0 Å². The van der Waals surface area contributed by atoms with Crippen molar-refractivity contribution in [3.63, 3.8) is 0 Å².